The van der Waals surface area contributed by atoms with Gasteiger partial charge in [0.15, 0.2) is 0 Å². The molecule has 0 bridgehead atoms. The van der Waals surface area contributed by atoms with Crippen LogP contribution in [0.4, 0.5) is 5.69 Å². The fourth-order valence-electron chi connectivity index (χ4n) is 3.84. The van der Waals surface area contributed by atoms with Gasteiger partial charge in [0.1, 0.15) is 0 Å². The molecule has 1 amide bonds. The molecule has 2 nitrogen and oxygen atoms in total. The lowest BCUT2D eigenvalue weighted by Gasteiger charge is -2.34. The average Bonchev–Trinajstić information content (AvgIpc) is 2.63. The SMILES string of the molecule is C#CCN1C(=O)CC(c2cccc(C)c2)c2c1ccc1ccccc21. The molecule has 0 radical (unpaired) electrons. The number of anilines is 1. The zero-order valence-corrected chi connectivity index (χ0v) is 14.2. The van der Waals surface area contributed by atoms with Crippen molar-refractivity contribution < 1.29 is 4.79 Å². The monoisotopic (exact) mass is 325 g/mol. The second-order valence-corrected chi connectivity index (χ2v) is 6.57. The van der Waals surface area contributed by atoms with Crippen LogP contribution in [0.2, 0.25) is 0 Å². The molecule has 0 N–H and O–H groups in total. The Labute approximate surface area is 148 Å². The van der Waals surface area contributed by atoms with Gasteiger partial charge >= 0.3 is 0 Å². The van der Waals surface area contributed by atoms with Gasteiger partial charge in [0.05, 0.1) is 6.54 Å². The number of hydrogen-bond donors (Lipinski definition) is 0. The van der Waals surface area contributed by atoms with Gasteiger partial charge in [-0.05, 0) is 34.9 Å². The van der Waals surface area contributed by atoms with E-state index in [2.05, 4.69) is 61.4 Å². The van der Waals surface area contributed by atoms with Crippen LogP contribution in [-0.4, -0.2) is 12.5 Å². The smallest absolute Gasteiger partial charge is 0.228 e. The Morgan fingerprint density at radius 1 is 1.12 bits per heavy atom. The molecule has 0 spiro atoms. The number of fused-ring (bicyclic) bond motifs is 3. The number of nitrogens with zero attached hydrogens (tertiary/aromatic N) is 1. The van der Waals surface area contributed by atoms with Crippen molar-refractivity contribution in [3.63, 3.8) is 0 Å². The van der Waals surface area contributed by atoms with Gasteiger partial charge in [-0.25, -0.2) is 0 Å². The Bertz CT molecular complexity index is 1010. The first-order valence-corrected chi connectivity index (χ1v) is 8.51. The van der Waals surface area contributed by atoms with Crippen molar-refractivity contribution >= 4 is 22.4 Å². The van der Waals surface area contributed by atoms with Crippen molar-refractivity contribution in [2.75, 3.05) is 11.4 Å². The first-order valence-electron chi connectivity index (χ1n) is 8.51. The van der Waals surface area contributed by atoms with E-state index in [1.165, 1.54) is 27.5 Å². The van der Waals surface area contributed by atoms with E-state index in [1.54, 1.807) is 4.90 Å². The van der Waals surface area contributed by atoms with Crippen molar-refractivity contribution in [2.45, 2.75) is 19.3 Å². The summed E-state index contributed by atoms with van der Waals surface area (Å²) in [5.41, 5.74) is 4.54. The van der Waals surface area contributed by atoms with Crippen LogP contribution in [0.3, 0.4) is 0 Å². The molecule has 0 saturated heterocycles. The van der Waals surface area contributed by atoms with Crippen LogP contribution in [0, 0.1) is 19.3 Å². The predicted octanol–water partition coefficient (Wildman–Crippen LogP) is 4.65. The maximum absolute atomic E-state index is 12.8. The van der Waals surface area contributed by atoms with E-state index < -0.39 is 0 Å². The number of benzene rings is 3. The van der Waals surface area contributed by atoms with Gasteiger partial charge in [-0.2, -0.15) is 0 Å². The second-order valence-electron chi connectivity index (χ2n) is 6.57. The summed E-state index contributed by atoms with van der Waals surface area (Å²) in [4.78, 5) is 14.5. The highest BCUT2D eigenvalue weighted by Crippen LogP contribution is 2.43. The lowest BCUT2D eigenvalue weighted by Crippen LogP contribution is -2.37. The van der Waals surface area contributed by atoms with E-state index in [-0.39, 0.29) is 11.8 Å². The number of rotatable bonds is 2. The Balaban J connectivity index is 2.00. The molecule has 25 heavy (non-hydrogen) atoms. The van der Waals surface area contributed by atoms with E-state index in [0.717, 1.165) is 5.69 Å². The summed E-state index contributed by atoms with van der Waals surface area (Å²) in [5, 5.41) is 2.38. The third-order valence-corrected chi connectivity index (χ3v) is 4.96. The molecular weight excluding hydrogens is 306 g/mol. The van der Waals surface area contributed by atoms with E-state index >= 15 is 0 Å². The molecule has 1 heterocycles. The van der Waals surface area contributed by atoms with Crippen LogP contribution >= 0.6 is 0 Å². The van der Waals surface area contributed by atoms with Crippen molar-refractivity contribution in [3.05, 3.63) is 77.4 Å². The summed E-state index contributed by atoms with van der Waals surface area (Å²) in [7, 11) is 0. The van der Waals surface area contributed by atoms with Crippen molar-refractivity contribution in [1.82, 2.24) is 0 Å². The zero-order valence-electron chi connectivity index (χ0n) is 14.2. The normalized spacial score (nSPS) is 16.6. The first kappa shape index (κ1) is 15.5. The van der Waals surface area contributed by atoms with Gasteiger partial charge in [0.2, 0.25) is 5.91 Å². The third kappa shape index (κ3) is 2.58. The number of terminal acetylenes is 1. The van der Waals surface area contributed by atoms with Crippen LogP contribution in [0.25, 0.3) is 10.8 Å². The summed E-state index contributed by atoms with van der Waals surface area (Å²) in [6, 6.07) is 20.9. The molecule has 0 fully saturated rings. The highest BCUT2D eigenvalue weighted by molar-refractivity contribution is 6.03. The molecule has 1 atom stereocenters. The number of amides is 1. The predicted molar refractivity (Wildman–Crippen MR) is 103 cm³/mol. The fourth-order valence-corrected chi connectivity index (χ4v) is 3.84. The minimum atomic E-state index is 0.0579. The lowest BCUT2D eigenvalue weighted by atomic mass is 9.81. The second kappa shape index (κ2) is 6.11. The molecule has 1 aliphatic rings. The van der Waals surface area contributed by atoms with Gasteiger partial charge in [0.25, 0.3) is 0 Å². The number of hydrogen-bond acceptors (Lipinski definition) is 1. The highest BCUT2D eigenvalue weighted by atomic mass is 16.2. The molecule has 0 saturated carbocycles. The summed E-state index contributed by atoms with van der Waals surface area (Å²) >= 11 is 0. The molecule has 0 aliphatic carbocycles. The van der Waals surface area contributed by atoms with Crippen molar-refractivity contribution in [1.29, 1.82) is 0 Å². The lowest BCUT2D eigenvalue weighted by molar-refractivity contribution is -0.119. The highest BCUT2D eigenvalue weighted by Gasteiger charge is 2.33. The molecule has 1 aliphatic heterocycles. The molecule has 3 aromatic carbocycles. The minimum absolute atomic E-state index is 0.0579. The standard InChI is InChI=1S/C23H19NO/c1-3-13-24-21-12-11-17-8-4-5-10-19(17)23(21)20(15-22(24)25)18-9-6-7-16(2)14-18/h1,4-12,14,20H,13,15H2,2H3. The molecule has 0 aromatic heterocycles. The molecule has 4 rings (SSSR count). The van der Waals surface area contributed by atoms with Gasteiger partial charge in [-0.3, -0.25) is 4.79 Å². The van der Waals surface area contributed by atoms with Gasteiger partial charge < -0.3 is 4.90 Å². The van der Waals surface area contributed by atoms with Crippen LogP contribution in [0.5, 0.6) is 0 Å². The van der Waals surface area contributed by atoms with Crippen LogP contribution in [-0.2, 0) is 4.79 Å². The summed E-state index contributed by atoms with van der Waals surface area (Å²) in [6.45, 7) is 2.40. The maximum Gasteiger partial charge on any atom is 0.228 e. The summed E-state index contributed by atoms with van der Waals surface area (Å²) in [6.07, 6.45) is 5.96. The summed E-state index contributed by atoms with van der Waals surface area (Å²) in [5.74, 6) is 2.77. The zero-order chi connectivity index (χ0) is 17.4. The molecular formula is C23H19NO. The van der Waals surface area contributed by atoms with Gasteiger partial charge in [0, 0.05) is 18.0 Å². The molecule has 3 aromatic rings. The maximum atomic E-state index is 12.8. The Morgan fingerprint density at radius 3 is 2.76 bits per heavy atom. The fraction of sp³-hybridized carbons (Fsp3) is 0.174. The Kier molecular flexibility index (Phi) is 3.78. The number of carbonyl (C=O) groups is 1. The summed E-state index contributed by atoms with van der Waals surface area (Å²) < 4.78 is 0. The van der Waals surface area contributed by atoms with Crippen LogP contribution < -0.4 is 4.90 Å². The van der Waals surface area contributed by atoms with E-state index in [0.29, 0.717) is 13.0 Å². The first-order chi connectivity index (χ1) is 12.2. The number of aryl methyl sites for hydroxylation is 1. The third-order valence-electron chi connectivity index (χ3n) is 4.96. The van der Waals surface area contributed by atoms with Crippen LogP contribution in [0.15, 0.2) is 60.7 Å². The molecule has 122 valence electrons. The van der Waals surface area contributed by atoms with Crippen molar-refractivity contribution in [3.8, 4) is 12.3 Å². The average molecular weight is 325 g/mol. The quantitative estimate of drug-likeness (QED) is 0.628. The largest absolute Gasteiger partial charge is 0.300 e. The van der Waals surface area contributed by atoms with Crippen molar-refractivity contribution in [2.24, 2.45) is 0 Å². The molecule has 1 unspecified atom stereocenters. The Morgan fingerprint density at radius 2 is 1.96 bits per heavy atom. The molecule has 2 heteroatoms. The Hall–Kier alpha value is -3.05. The van der Waals surface area contributed by atoms with E-state index in [4.69, 9.17) is 6.42 Å². The minimum Gasteiger partial charge on any atom is -0.300 e. The topological polar surface area (TPSA) is 20.3 Å². The van der Waals surface area contributed by atoms with E-state index in [9.17, 15) is 4.79 Å². The number of carbonyl (C=O) groups excluding carboxylic acids is 1. The van der Waals surface area contributed by atoms with Crippen LogP contribution in [0.1, 0.15) is 29.0 Å². The van der Waals surface area contributed by atoms with Gasteiger partial charge in [-0.15, -0.1) is 6.42 Å². The van der Waals surface area contributed by atoms with E-state index in [1.807, 2.05) is 12.1 Å². The van der Waals surface area contributed by atoms with Gasteiger partial charge in [-0.1, -0.05) is 66.1 Å².